The lowest BCUT2D eigenvalue weighted by Crippen LogP contribution is -1.99. The highest BCUT2D eigenvalue weighted by molar-refractivity contribution is 5.43. The van der Waals surface area contributed by atoms with Crippen molar-refractivity contribution < 1.29 is 19.5 Å². The van der Waals surface area contributed by atoms with E-state index in [1.165, 1.54) is 19.2 Å². The Balaban J connectivity index is 2.15. The first-order valence-electron chi connectivity index (χ1n) is 6.28. The summed E-state index contributed by atoms with van der Waals surface area (Å²) in [6.45, 7) is 0.0735. The van der Waals surface area contributed by atoms with Crippen LogP contribution < -0.4 is 9.47 Å². The summed E-state index contributed by atoms with van der Waals surface area (Å²) in [6, 6.07) is 11.4. The molecule has 0 aromatic heterocycles. The molecule has 6 nitrogen and oxygen atoms in total. The molecule has 21 heavy (non-hydrogen) atoms. The van der Waals surface area contributed by atoms with Crippen LogP contribution in [-0.4, -0.2) is 17.1 Å². The summed E-state index contributed by atoms with van der Waals surface area (Å²) in [7, 11) is 1.52. The first-order chi connectivity index (χ1) is 10.1. The van der Waals surface area contributed by atoms with E-state index >= 15 is 0 Å². The Morgan fingerprint density at radius 3 is 2.62 bits per heavy atom. The molecule has 110 valence electrons. The van der Waals surface area contributed by atoms with Crippen LogP contribution in [0.4, 0.5) is 5.69 Å². The first kappa shape index (κ1) is 14.8. The Morgan fingerprint density at radius 1 is 1.14 bits per heavy atom. The summed E-state index contributed by atoms with van der Waals surface area (Å²) in [5, 5.41) is 19.9. The molecule has 2 aromatic carbocycles. The molecule has 1 N–H and O–H groups in total. The largest absolute Gasteiger partial charge is 0.493 e. The minimum atomic E-state index is -0.448. The highest BCUT2D eigenvalue weighted by Gasteiger charge is 2.09. The standard InChI is InChI=1S/C15H15NO5/c1-20-14-6-5-11(9-17)8-15(14)21-10-12-3-2-4-13(7-12)16(18)19/h2-8,17H,9-10H2,1H3. The average molecular weight is 289 g/mol. The molecule has 0 aliphatic rings. The number of rotatable bonds is 6. The van der Waals surface area contributed by atoms with Crippen LogP contribution in [-0.2, 0) is 13.2 Å². The number of nitro groups is 1. The van der Waals surface area contributed by atoms with Crippen molar-refractivity contribution in [1.82, 2.24) is 0 Å². The third-order valence-electron chi connectivity index (χ3n) is 2.93. The highest BCUT2D eigenvalue weighted by atomic mass is 16.6. The number of nitro benzene ring substituents is 1. The summed E-state index contributed by atoms with van der Waals surface area (Å²) in [6.07, 6.45) is 0. The summed E-state index contributed by atoms with van der Waals surface area (Å²) >= 11 is 0. The van der Waals surface area contributed by atoms with Crippen molar-refractivity contribution >= 4 is 5.69 Å². The SMILES string of the molecule is COc1ccc(CO)cc1OCc1cccc([N+](=O)[O-])c1. The smallest absolute Gasteiger partial charge is 0.269 e. The Morgan fingerprint density at radius 2 is 1.95 bits per heavy atom. The van der Waals surface area contributed by atoms with Gasteiger partial charge in [0.1, 0.15) is 6.61 Å². The van der Waals surface area contributed by atoms with E-state index in [2.05, 4.69) is 0 Å². The van der Waals surface area contributed by atoms with Crippen molar-refractivity contribution in [2.45, 2.75) is 13.2 Å². The maximum absolute atomic E-state index is 10.7. The lowest BCUT2D eigenvalue weighted by Gasteiger charge is -2.11. The fourth-order valence-electron chi connectivity index (χ4n) is 1.85. The number of aliphatic hydroxyl groups is 1. The van der Waals surface area contributed by atoms with E-state index in [1.54, 1.807) is 30.3 Å². The van der Waals surface area contributed by atoms with Gasteiger partial charge >= 0.3 is 0 Å². The Kier molecular flexibility index (Phi) is 4.73. The van der Waals surface area contributed by atoms with E-state index in [1.807, 2.05) is 0 Å². The number of non-ortho nitro benzene ring substituents is 1. The molecule has 0 spiro atoms. The number of hydrogen-bond acceptors (Lipinski definition) is 5. The van der Waals surface area contributed by atoms with Crippen molar-refractivity contribution in [3.8, 4) is 11.5 Å². The molecule has 0 aliphatic heterocycles. The van der Waals surface area contributed by atoms with Crippen molar-refractivity contribution in [3.63, 3.8) is 0 Å². The zero-order valence-electron chi connectivity index (χ0n) is 11.5. The lowest BCUT2D eigenvalue weighted by molar-refractivity contribution is -0.384. The van der Waals surface area contributed by atoms with Crippen LogP contribution >= 0.6 is 0 Å². The maximum Gasteiger partial charge on any atom is 0.269 e. The van der Waals surface area contributed by atoms with Crippen LogP contribution in [0.2, 0.25) is 0 Å². The predicted octanol–water partition coefficient (Wildman–Crippen LogP) is 2.67. The first-order valence-corrected chi connectivity index (χ1v) is 6.28. The second-order valence-corrected chi connectivity index (χ2v) is 4.36. The van der Waals surface area contributed by atoms with Gasteiger partial charge in [0, 0.05) is 12.1 Å². The number of methoxy groups -OCH3 is 1. The molecule has 0 fully saturated rings. The van der Waals surface area contributed by atoms with Crippen LogP contribution in [0.15, 0.2) is 42.5 Å². The third kappa shape index (κ3) is 3.70. The van der Waals surface area contributed by atoms with Gasteiger partial charge in [-0.1, -0.05) is 18.2 Å². The van der Waals surface area contributed by atoms with E-state index < -0.39 is 4.92 Å². The number of benzene rings is 2. The molecule has 0 saturated carbocycles. The summed E-state index contributed by atoms with van der Waals surface area (Å²) < 4.78 is 10.8. The molecule has 2 rings (SSSR count). The molecular weight excluding hydrogens is 274 g/mol. The number of aliphatic hydroxyl groups excluding tert-OH is 1. The Bertz CT molecular complexity index is 642. The second kappa shape index (κ2) is 6.71. The van der Waals surface area contributed by atoms with Gasteiger partial charge in [-0.3, -0.25) is 10.1 Å². The van der Waals surface area contributed by atoms with Gasteiger partial charge in [-0.2, -0.15) is 0 Å². The Hall–Kier alpha value is -2.60. The van der Waals surface area contributed by atoms with E-state index in [0.717, 1.165) is 0 Å². The van der Waals surface area contributed by atoms with Crippen molar-refractivity contribution in [1.29, 1.82) is 0 Å². The highest BCUT2D eigenvalue weighted by Crippen LogP contribution is 2.29. The van der Waals surface area contributed by atoms with Gasteiger partial charge < -0.3 is 14.6 Å². The van der Waals surface area contributed by atoms with Gasteiger partial charge in [-0.05, 0) is 23.3 Å². The molecule has 0 saturated heterocycles. The number of hydrogen-bond donors (Lipinski definition) is 1. The molecule has 0 heterocycles. The van der Waals surface area contributed by atoms with Crippen molar-refractivity contribution in [3.05, 3.63) is 63.7 Å². The topological polar surface area (TPSA) is 81.8 Å². The minimum absolute atomic E-state index is 0.0205. The predicted molar refractivity (Wildman–Crippen MR) is 76.3 cm³/mol. The van der Waals surface area contributed by atoms with Gasteiger partial charge in [0.25, 0.3) is 5.69 Å². The van der Waals surface area contributed by atoms with E-state index in [4.69, 9.17) is 14.6 Å². The molecule has 0 aliphatic carbocycles. The fraction of sp³-hybridized carbons (Fsp3) is 0.200. The van der Waals surface area contributed by atoms with E-state index in [0.29, 0.717) is 22.6 Å². The number of ether oxygens (including phenoxy) is 2. The molecule has 0 amide bonds. The summed E-state index contributed by atoms with van der Waals surface area (Å²) in [5.41, 5.74) is 1.40. The maximum atomic E-state index is 10.7. The van der Waals surface area contributed by atoms with Gasteiger partial charge in [0.05, 0.1) is 18.6 Å². The molecule has 6 heteroatoms. The van der Waals surface area contributed by atoms with E-state index in [9.17, 15) is 10.1 Å². The second-order valence-electron chi connectivity index (χ2n) is 4.36. The van der Waals surface area contributed by atoms with Gasteiger partial charge in [0.15, 0.2) is 11.5 Å². The lowest BCUT2D eigenvalue weighted by atomic mass is 10.2. The normalized spacial score (nSPS) is 10.2. The quantitative estimate of drug-likeness (QED) is 0.653. The van der Waals surface area contributed by atoms with Gasteiger partial charge in [-0.25, -0.2) is 0 Å². The molecule has 0 radical (unpaired) electrons. The van der Waals surface area contributed by atoms with Crippen LogP contribution in [0.1, 0.15) is 11.1 Å². The van der Waals surface area contributed by atoms with Crippen LogP contribution in [0, 0.1) is 10.1 Å². The Labute approximate surface area is 121 Å². The molecule has 0 bridgehead atoms. The zero-order chi connectivity index (χ0) is 15.2. The zero-order valence-corrected chi connectivity index (χ0v) is 11.5. The minimum Gasteiger partial charge on any atom is -0.493 e. The molecular formula is C15H15NO5. The van der Waals surface area contributed by atoms with Gasteiger partial charge in [-0.15, -0.1) is 0 Å². The fourth-order valence-corrected chi connectivity index (χ4v) is 1.85. The van der Waals surface area contributed by atoms with Crippen LogP contribution in [0.3, 0.4) is 0 Å². The van der Waals surface area contributed by atoms with Crippen molar-refractivity contribution in [2.75, 3.05) is 7.11 Å². The molecule has 0 atom stereocenters. The molecule has 2 aromatic rings. The van der Waals surface area contributed by atoms with Crippen LogP contribution in [0.25, 0.3) is 0 Å². The monoisotopic (exact) mass is 289 g/mol. The average Bonchev–Trinajstić information content (AvgIpc) is 2.52. The summed E-state index contributed by atoms with van der Waals surface area (Å²) in [4.78, 5) is 10.3. The van der Waals surface area contributed by atoms with Gasteiger partial charge in [0.2, 0.25) is 0 Å². The van der Waals surface area contributed by atoms with Crippen LogP contribution in [0.5, 0.6) is 11.5 Å². The van der Waals surface area contributed by atoms with E-state index in [-0.39, 0.29) is 18.9 Å². The molecule has 0 unspecified atom stereocenters. The third-order valence-corrected chi connectivity index (χ3v) is 2.93. The van der Waals surface area contributed by atoms with Crippen molar-refractivity contribution in [2.24, 2.45) is 0 Å². The number of nitrogens with zero attached hydrogens (tertiary/aromatic N) is 1. The summed E-state index contributed by atoms with van der Waals surface area (Å²) in [5.74, 6) is 1.02.